The van der Waals surface area contributed by atoms with Crippen molar-refractivity contribution in [2.75, 3.05) is 27.5 Å². The Labute approximate surface area is 247 Å². The predicted molar refractivity (Wildman–Crippen MR) is 159 cm³/mol. The molecule has 0 amide bonds. The summed E-state index contributed by atoms with van der Waals surface area (Å²) in [4.78, 5) is 25.7. The van der Waals surface area contributed by atoms with Crippen molar-refractivity contribution in [1.82, 2.24) is 5.32 Å². The summed E-state index contributed by atoms with van der Waals surface area (Å²) in [6.07, 6.45) is 7.24. The number of carbonyl (C=O) groups excluding carboxylic acids is 2. The standard InChI is InChI=1S/C33H43NO8/c1-20(36)42-25(10-8-21-9-11-30(38)32(12-21)40-2)14-24(37)15-28-26-7-5-4-6-22(26)13-23(18-34-19-35)27-16-31(39)33(41-3)17-29(27)28/h9,11-13,16-17,22,25-26,28,34-35,38-39H,4-8,10,14-15,18-19H2,1-3H3/t22-,25+,26-,28+/m0/s1. The summed E-state index contributed by atoms with van der Waals surface area (Å²) in [5.41, 5.74) is 3.71. The molecule has 0 aromatic heterocycles. The van der Waals surface area contributed by atoms with Gasteiger partial charge in [0.2, 0.25) is 0 Å². The van der Waals surface area contributed by atoms with Crippen LogP contribution in [0.1, 0.15) is 74.5 Å². The molecule has 2 aliphatic carbocycles. The lowest BCUT2D eigenvalue weighted by molar-refractivity contribution is -0.147. The molecule has 42 heavy (non-hydrogen) atoms. The van der Waals surface area contributed by atoms with Crippen molar-refractivity contribution in [3.63, 3.8) is 0 Å². The highest BCUT2D eigenvalue weighted by molar-refractivity contribution is 5.82. The highest BCUT2D eigenvalue weighted by Gasteiger charge is 2.38. The average Bonchev–Trinajstić information content (AvgIpc) is 3.09. The van der Waals surface area contributed by atoms with Crippen LogP contribution in [-0.2, 0) is 20.7 Å². The Balaban J connectivity index is 1.59. The van der Waals surface area contributed by atoms with Crippen molar-refractivity contribution >= 4 is 17.3 Å². The number of carbonyl (C=O) groups is 2. The molecule has 4 atom stereocenters. The number of aryl methyl sites for hydroxylation is 1. The Morgan fingerprint density at radius 1 is 1.02 bits per heavy atom. The molecule has 2 aliphatic rings. The number of ketones is 1. The first-order valence-corrected chi connectivity index (χ1v) is 14.7. The third-order valence-electron chi connectivity index (χ3n) is 8.57. The van der Waals surface area contributed by atoms with E-state index in [9.17, 15) is 24.9 Å². The number of methoxy groups -OCH3 is 2. The number of aliphatic hydroxyl groups excluding tert-OH is 1. The largest absolute Gasteiger partial charge is 0.504 e. The minimum absolute atomic E-state index is 0.00813. The molecule has 0 unspecified atom stereocenters. The molecule has 0 radical (unpaired) electrons. The van der Waals surface area contributed by atoms with Crippen molar-refractivity contribution in [2.24, 2.45) is 11.8 Å². The van der Waals surface area contributed by atoms with Crippen LogP contribution in [0, 0.1) is 11.8 Å². The molecule has 0 heterocycles. The maximum absolute atomic E-state index is 13.7. The minimum Gasteiger partial charge on any atom is -0.504 e. The Morgan fingerprint density at radius 2 is 1.76 bits per heavy atom. The van der Waals surface area contributed by atoms with Gasteiger partial charge < -0.3 is 29.5 Å². The fourth-order valence-corrected chi connectivity index (χ4v) is 6.64. The number of hydrogen-bond donors (Lipinski definition) is 4. The van der Waals surface area contributed by atoms with Crippen molar-refractivity contribution in [2.45, 2.75) is 70.3 Å². The quantitative estimate of drug-likeness (QED) is 0.193. The second kappa shape index (κ2) is 14.6. The van der Waals surface area contributed by atoms with Crippen LogP contribution < -0.4 is 14.8 Å². The molecule has 0 saturated heterocycles. The van der Waals surface area contributed by atoms with Gasteiger partial charge in [-0.3, -0.25) is 14.9 Å². The normalized spacial score (nSPS) is 20.4. The van der Waals surface area contributed by atoms with Gasteiger partial charge in [0.1, 0.15) is 11.9 Å². The van der Waals surface area contributed by atoms with Gasteiger partial charge in [-0.05, 0) is 90.0 Å². The van der Waals surface area contributed by atoms with E-state index in [0.29, 0.717) is 30.9 Å². The van der Waals surface area contributed by atoms with E-state index in [2.05, 4.69) is 11.4 Å². The number of phenolic OH excluding ortho intramolecular Hbond substituents is 2. The molecule has 0 bridgehead atoms. The number of benzene rings is 2. The second-order valence-corrected chi connectivity index (χ2v) is 11.3. The van der Waals surface area contributed by atoms with Gasteiger partial charge in [-0.1, -0.05) is 25.0 Å². The minimum atomic E-state index is -0.584. The van der Waals surface area contributed by atoms with Gasteiger partial charge in [-0.15, -0.1) is 0 Å². The summed E-state index contributed by atoms with van der Waals surface area (Å²) >= 11 is 0. The van der Waals surface area contributed by atoms with Gasteiger partial charge in [-0.25, -0.2) is 0 Å². The molecule has 4 N–H and O–H groups in total. The van der Waals surface area contributed by atoms with Crippen LogP contribution in [-0.4, -0.2) is 60.7 Å². The van der Waals surface area contributed by atoms with Gasteiger partial charge >= 0.3 is 5.97 Å². The molecule has 0 spiro atoms. The summed E-state index contributed by atoms with van der Waals surface area (Å²) < 4.78 is 16.3. The summed E-state index contributed by atoms with van der Waals surface area (Å²) in [6, 6.07) is 8.66. The smallest absolute Gasteiger partial charge is 0.302 e. The zero-order chi connectivity index (χ0) is 30.2. The van der Waals surface area contributed by atoms with Crippen molar-refractivity contribution in [3.05, 3.63) is 53.1 Å². The van der Waals surface area contributed by atoms with Crippen LogP contribution in [0.5, 0.6) is 23.0 Å². The lowest BCUT2D eigenvalue weighted by Gasteiger charge is -2.35. The van der Waals surface area contributed by atoms with Crippen LogP contribution in [0.2, 0.25) is 0 Å². The number of aromatic hydroxyl groups is 2. The van der Waals surface area contributed by atoms with Crippen molar-refractivity contribution < 1.29 is 39.1 Å². The monoisotopic (exact) mass is 581 g/mol. The third-order valence-corrected chi connectivity index (χ3v) is 8.57. The van der Waals surface area contributed by atoms with E-state index < -0.39 is 12.1 Å². The molecular weight excluding hydrogens is 538 g/mol. The number of allylic oxidation sites excluding steroid dienone is 1. The van der Waals surface area contributed by atoms with E-state index in [0.717, 1.165) is 47.9 Å². The average molecular weight is 582 g/mol. The molecule has 2 aromatic rings. The maximum Gasteiger partial charge on any atom is 0.302 e. The van der Waals surface area contributed by atoms with Gasteiger partial charge in [0, 0.05) is 26.3 Å². The van der Waals surface area contributed by atoms with Crippen LogP contribution in [0.3, 0.4) is 0 Å². The highest BCUT2D eigenvalue weighted by atomic mass is 16.5. The van der Waals surface area contributed by atoms with Gasteiger partial charge in [0.15, 0.2) is 23.0 Å². The van der Waals surface area contributed by atoms with E-state index >= 15 is 0 Å². The van der Waals surface area contributed by atoms with Crippen molar-refractivity contribution in [1.29, 1.82) is 0 Å². The summed E-state index contributed by atoms with van der Waals surface area (Å²) in [5, 5.41) is 33.0. The first-order valence-electron chi connectivity index (χ1n) is 14.7. The Bertz CT molecular complexity index is 1290. The molecule has 1 saturated carbocycles. The molecule has 2 aromatic carbocycles. The van der Waals surface area contributed by atoms with Crippen LogP contribution in [0.25, 0.3) is 5.57 Å². The number of rotatable bonds is 13. The van der Waals surface area contributed by atoms with Crippen LogP contribution >= 0.6 is 0 Å². The zero-order valence-corrected chi connectivity index (χ0v) is 24.7. The lowest BCUT2D eigenvalue weighted by atomic mass is 9.69. The maximum atomic E-state index is 13.7. The third kappa shape index (κ3) is 7.63. The SMILES string of the molecule is COc1cc(CC[C@H](CC(=O)C[C@H]2c3cc(OC)c(O)cc3C(CNCO)=C[C@@H]3CCCC[C@@H]32)OC(C)=O)ccc1O. The Kier molecular flexibility index (Phi) is 10.9. The first kappa shape index (κ1) is 31.4. The number of phenols is 2. The summed E-state index contributed by atoms with van der Waals surface area (Å²) in [5.74, 6) is 0.772. The number of nitrogens with one attached hydrogen (secondary N) is 1. The molecule has 4 rings (SSSR count). The van der Waals surface area contributed by atoms with E-state index in [1.165, 1.54) is 21.1 Å². The van der Waals surface area contributed by atoms with Crippen molar-refractivity contribution in [3.8, 4) is 23.0 Å². The Hall–Kier alpha value is -3.56. The van der Waals surface area contributed by atoms with E-state index in [4.69, 9.17) is 14.2 Å². The van der Waals surface area contributed by atoms with Crippen LogP contribution in [0.4, 0.5) is 0 Å². The number of Topliss-reactive ketones (excluding diaryl/α,β-unsaturated/α-hetero) is 1. The number of fused-ring (bicyclic) bond motifs is 2. The lowest BCUT2D eigenvalue weighted by Crippen LogP contribution is -2.27. The number of aliphatic hydroxyl groups is 1. The second-order valence-electron chi connectivity index (χ2n) is 11.3. The van der Waals surface area contributed by atoms with Gasteiger partial charge in [0.25, 0.3) is 0 Å². The highest BCUT2D eigenvalue weighted by Crippen LogP contribution is 2.50. The summed E-state index contributed by atoms with van der Waals surface area (Å²) in [7, 11) is 3.00. The van der Waals surface area contributed by atoms with Gasteiger partial charge in [0.05, 0.1) is 21.0 Å². The Morgan fingerprint density at radius 3 is 2.48 bits per heavy atom. The molecular formula is C33H43NO8. The summed E-state index contributed by atoms with van der Waals surface area (Å²) in [6.45, 7) is 1.62. The first-order chi connectivity index (χ1) is 20.2. The van der Waals surface area contributed by atoms with Gasteiger partial charge in [-0.2, -0.15) is 0 Å². The zero-order valence-electron chi connectivity index (χ0n) is 24.7. The number of esters is 1. The van der Waals surface area contributed by atoms with E-state index in [-0.39, 0.29) is 54.6 Å². The van der Waals surface area contributed by atoms with E-state index in [1.54, 1.807) is 24.3 Å². The fourth-order valence-electron chi connectivity index (χ4n) is 6.64. The molecule has 1 fully saturated rings. The molecule has 0 aliphatic heterocycles. The molecule has 9 heteroatoms. The number of ether oxygens (including phenoxy) is 3. The molecule has 228 valence electrons. The van der Waals surface area contributed by atoms with Crippen LogP contribution in [0.15, 0.2) is 36.4 Å². The predicted octanol–water partition coefficient (Wildman–Crippen LogP) is 4.86. The fraction of sp³-hybridized carbons (Fsp3) is 0.515. The topological polar surface area (TPSA) is 135 Å². The number of hydrogen-bond acceptors (Lipinski definition) is 9. The van der Waals surface area contributed by atoms with E-state index in [1.807, 2.05) is 6.07 Å². The molecule has 9 nitrogen and oxygen atoms in total.